The first kappa shape index (κ1) is 14.3. The number of aryl methyl sites for hydroxylation is 1. The molecule has 1 aromatic heterocycles. The molecule has 5 nitrogen and oxygen atoms in total. The quantitative estimate of drug-likeness (QED) is 0.894. The van der Waals surface area contributed by atoms with Crippen molar-refractivity contribution in [3.05, 3.63) is 28.5 Å². The van der Waals surface area contributed by atoms with Crippen LogP contribution in [-0.4, -0.2) is 36.9 Å². The Bertz CT molecular complexity index is 587. The van der Waals surface area contributed by atoms with Crippen LogP contribution in [0, 0.1) is 6.92 Å². The molecule has 0 radical (unpaired) electrons. The Labute approximate surface area is 117 Å². The van der Waals surface area contributed by atoms with Crippen molar-refractivity contribution in [2.45, 2.75) is 25.8 Å². The average molecular weight is 303 g/mol. The van der Waals surface area contributed by atoms with Crippen LogP contribution in [0.3, 0.4) is 0 Å². The van der Waals surface area contributed by atoms with Crippen LogP contribution in [0.1, 0.15) is 28.9 Å². The van der Waals surface area contributed by atoms with E-state index in [-0.39, 0.29) is 23.5 Å². The van der Waals surface area contributed by atoms with Crippen LogP contribution >= 0.6 is 11.6 Å². The number of rotatable bonds is 2. The standard InChI is InChI=1S/C12H15ClN2O3S/c1-8-6-11(13)10(7-14-8)12(16)15-9-2-4-19(17,18)5-3-9/h6-7,9H,2-5H2,1H3,(H,15,16). The van der Waals surface area contributed by atoms with Gasteiger partial charge in [0.05, 0.1) is 22.1 Å². The topological polar surface area (TPSA) is 76.1 Å². The van der Waals surface area contributed by atoms with Crippen LogP contribution < -0.4 is 5.32 Å². The molecule has 0 saturated carbocycles. The minimum absolute atomic E-state index is 0.117. The van der Waals surface area contributed by atoms with Crippen LogP contribution in [0.5, 0.6) is 0 Å². The van der Waals surface area contributed by atoms with Gasteiger partial charge in [0.1, 0.15) is 9.84 Å². The highest BCUT2D eigenvalue weighted by Gasteiger charge is 2.25. The summed E-state index contributed by atoms with van der Waals surface area (Å²) in [4.78, 5) is 16.1. The SMILES string of the molecule is Cc1cc(Cl)c(C(=O)NC2CCS(=O)(=O)CC2)cn1. The maximum Gasteiger partial charge on any atom is 0.254 e. The van der Waals surface area contributed by atoms with Crippen molar-refractivity contribution in [2.75, 3.05) is 11.5 Å². The normalized spacial score (nSPS) is 19.1. The number of carbonyl (C=O) groups is 1. The largest absolute Gasteiger partial charge is 0.349 e. The van der Waals surface area contributed by atoms with Crippen molar-refractivity contribution in [3.63, 3.8) is 0 Å². The van der Waals surface area contributed by atoms with Crippen LogP contribution in [0.4, 0.5) is 0 Å². The van der Waals surface area contributed by atoms with Gasteiger partial charge in [0.15, 0.2) is 0 Å². The zero-order valence-corrected chi connectivity index (χ0v) is 12.1. The lowest BCUT2D eigenvalue weighted by atomic mass is 10.1. The van der Waals surface area contributed by atoms with E-state index in [4.69, 9.17) is 11.6 Å². The van der Waals surface area contributed by atoms with Gasteiger partial charge in [0.25, 0.3) is 5.91 Å². The summed E-state index contributed by atoms with van der Waals surface area (Å²) in [5.41, 5.74) is 1.06. The second-order valence-corrected chi connectivity index (χ2v) is 7.42. The Balaban J connectivity index is 2.02. The predicted molar refractivity (Wildman–Crippen MR) is 73.1 cm³/mol. The highest BCUT2D eigenvalue weighted by Crippen LogP contribution is 2.17. The Kier molecular flexibility index (Phi) is 4.10. The van der Waals surface area contributed by atoms with Crippen molar-refractivity contribution >= 4 is 27.3 Å². The van der Waals surface area contributed by atoms with E-state index in [1.165, 1.54) is 6.20 Å². The highest BCUT2D eigenvalue weighted by atomic mass is 35.5. The van der Waals surface area contributed by atoms with E-state index in [0.29, 0.717) is 23.4 Å². The van der Waals surface area contributed by atoms with Crippen molar-refractivity contribution in [1.82, 2.24) is 10.3 Å². The smallest absolute Gasteiger partial charge is 0.254 e. The molecule has 0 bridgehead atoms. The van der Waals surface area contributed by atoms with Crippen LogP contribution in [0.15, 0.2) is 12.3 Å². The average Bonchev–Trinajstić information content (AvgIpc) is 2.31. The lowest BCUT2D eigenvalue weighted by Crippen LogP contribution is -2.41. The number of hydrogen-bond acceptors (Lipinski definition) is 4. The van der Waals surface area contributed by atoms with Crippen LogP contribution in [0.25, 0.3) is 0 Å². The highest BCUT2D eigenvalue weighted by molar-refractivity contribution is 7.91. The summed E-state index contributed by atoms with van der Waals surface area (Å²) < 4.78 is 22.6. The predicted octanol–water partition coefficient (Wildman–Crippen LogP) is 1.35. The van der Waals surface area contributed by atoms with E-state index >= 15 is 0 Å². The van der Waals surface area contributed by atoms with Crippen LogP contribution in [-0.2, 0) is 9.84 Å². The van der Waals surface area contributed by atoms with E-state index in [1.807, 2.05) is 0 Å². The van der Waals surface area contributed by atoms with Crippen molar-refractivity contribution in [1.29, 1.82) is 0 Å². The number of pyridine rings is 1. The molecule has 0 aromatic carbocycles. The first-order chi connectivity index (χ1) is 8.87. The maximum atomic E-state index is 12.0. The van der Waals surface area contributed by atoms with Gasteiger partial charge in [-0.3, -0.25) is 9.78 Å². The van der Waals surface area contributed by atoms with Gasteiger partial charge in [-0.1, -0.05) is 11.6 Å². The van der Waals surface area contributed by atoms with Gasteiger partial charge >= 0.3 is 0 Å². The zero-order chi connectivity index (χ0) is 14.0. The zero-order valence-electron chi connectivity index (χ0n) is 10.5. The number of aromatic nitrogens is 1. The first-order valence-corrected chi connectivity index (χ1v) is 8.21. The minimum Gasteiger partial charge on any atom is -0.349 e. The van der Waals surface area contributed by atoms with Gasteiger partial charge in [0, 0.05) is 17.9 Å². The summed E-state index contributed by atoms with van der Waals surface area (Å²) in [5, 5.41) is 3.16. The van der Waals surface area contributed by atoms with Crippen molar-refractivity contribution in [3.8, 4) is 0 Å². The molecule has 0 spiro atoms. The summed E-state index contributed by atoms with van der Waals surface area (Å²) in [6, 6.07) is 1.51. The molecule has 0 unspecified atom stereocenters. The number of hydrogen-bond donors (Lipinski definition) is 1. The molecule has 104 valence electrons. The van der Waals surface area contributed by atoms with Gasteiger partial charge in [-0.2, -0.15) is 0 Å². The molecule has 1 N–H and O–H groups in total. The Hall–Kier alpha value is -1.14. The van der Waals surface area contributed by atoms with Gasteiger partial charge in [0.2, 0.25) is 0 Å². The fourth-order valence-corrected chi connectivity index (χ4v) is 3.77. The minimum atomic E-state index is -2.92. The summed E-state index contributed by atoms with van der Waals surface area (Å²) in [7, 11) is -2.92. The molecule has 1 fully saturated rings. The summed E-state index contributed by atoms with van der Waals surface area (Å²) in [6.45, 7) is 1.79. The molecule has 19 heavy (non-hydrogen) atoms. The maximum absolute atomic E-state index is 12.0. The van der Waals surface area contributed by atoms with Gasteiger partial charge < -0.3 is 5.32 Å². The molecule has 1 aliphatic heterocycles. The third-order valence-corrected chi connectivity index (χ3v) is 5.15. The number of carbonyl (C=O) groups excluding carboxylic acids is 1. The number of halogens is 1. The second kappa shape index (κ2) is 5.46. The van der Waals surface area contributed by atoms with Crippen LogP contribution in [0.2, 0.25) is 5.02 Å². The Morgan fingerprint density at radius 3 is 2.63 bits per heavy atom. The molecule has 1 saturated heterocycles. The van der Waals surface area contributed by atoms with Crippen molar-refractivity contribution in [2.24, 2.45) is 0 Å². The number of nitrogens with zero attached hydrogens (tertiary/aromatic N) is 1. The monoisotopic (exact) mass is 302 g/mol. The third-order valence-electron chi connectivity index (χ3n) is 3.12. The van der Waals surface area contributed by atoms with E-state index in [2.05, 4.69) is 10.3 Å². The molecule has 0 atom stereocenters. The van der Waals surface area contributed by atoms with Gasteiger partial charge in [-0.05, 0) is 25.8 Å². The molecule has 2 rings (SSSR count). The van der Waals surface area contributed by atoms with E-state index in [9.17, 15) is 13.2 Å². The molecule has 1 aromatic rings. The lowest BCUT2D eigenvalue weighted by molar-refractivity contribution is 0.0934. The molecule has 1 aliphatic rings. The number of nitrogens with one attached hydrogen (secondary N) is 1. The van der Waals surface area contributed by atoms with E-state index in [0.717, 1.165) is 5.69 Å². The third kappa shape index (κ3) is 3.67. The second-order valence-electron chi connectivity index (χ2n) is 4.71. The van der Waals surface area contributed by atoms with Gasteiger partial charge in [-0.25, -0.2) is 8.42 Å². The number of amides is 1. The molecule has 2 heterocycles. The Morgan fingerprint density at radius 2 is 2.05 bits per heavy atom. The number of sulfone groups is 1. The molecule has 1 amide bonds. The summed E-state index contributed by atoms with van der Waals surface area (Å²) in [5.74, 6) is -0.0582. The summed E-state index contributed by atoms with van der Waals surface area (Å²) >= 11 is 5.99. The molecular formula is C12H15ClN2O3S. The van der Waals surface area contributed by atoms with E-state index in [1.54, 1.807) is 13.0 Å². The van der Waals surface area contributed by atoms with E-state index < -0.39 is 9.84 Å². The Morgan fingerprint density at radius 1 is 1.42 bits per heavy atom. The van der Waals surface area contributed by atoms with Crippen molar-refractivity contribution < 1.29 is 13.2 Å². The molecular weight excluding hydrogens is 288 g/mol. The molecule has 7 heteroatoms. The fraction of sp³-hybridized carbons (Fsp3) is 0.500. The molecule has 0 aliphatic carbocycles. The fourth-order valence-electron chi connectivity index (χ4n) is 1.99. The first-order valence-electron chi connectivity index (χ1n) is 6.01. The summed E-state index contributed by atoms with van der Waals surface area (Å²) in [6.07, 6.45) is 2.34. The van der Waals surface area contributed by atoms with Gasteiger partial charge in [-0.15, -0.1) is 0 Å². The lowest BCUT2D eigenvalue weighted by Gasteiger charge is -2.23.